The lowest BCUT2D eigenvalue weighted by Crippen LogP contribution is -2.20. The standard InChI is InChI=1S/C16H20ClN5S/c1-12(21(2)3)15-19-20-16(23-11-5-4-10-18)22(15)14-8-6-13(17)7-9-14/h6-9,12H,4-5,11H2,1-3H3. The number of nitriles is 1. The molecule has 0 radical (unpaired) electrons. The van der Waals surface area contributed by atoms with Gasteiger partial charge in [0.05, 0.1) is 12.1 Å². The highest BCUT2D eigenvalue weighted by Crippen LogP contribution is 2.27. The fraction of sp³-hybridized carbons (Fsp3) is 0.438. The molecule has 1 aromatic carbocycles. The second kappa shape index (κ2) is 8.34. The van der Waals surface area contributed by atoms with Crippen molar-refractivity contribution >= 4 is 23.4 Å². The summed E-state index contributed by atoms with van der Waals surface area (Å²) in [6.07, 6.45) is 1.40. The lowest BCUT2D eigenvalue weighted by Gasteiger charge is -2.20. The van der Waals surface area contributed by atoms with Gasteiger partial charge in [0.25, 0.3) is 0 Å². The monoisotopic (exact) mass is 349 g/mol. The summed E-state index contributed by atoms with van der Waals surface area (Å²) in [7, 11) is 4.04. The van der Waals surface area contributed by atoms with Crippen molar-refractivity contribution in [3.05, 3.63) is 35.1 Å². The van der Waals surface area contributed by atoms with E-state index in [0.717, 1.165) is 28.8 Å². The summed E-state index contributed by atoms with van der Waals surface area (Å²) < 4.78 is 2.07. The Kier molecular flexibility index (Phi) is 6.46. The highest BCUT2D eigenvalue weighted by Gasteiger charge is 2.20. The van der Waals surface area contributed by atoms with Crippen LogP contribution in [0.5, 0.6) is 0 Å². The molecule has 23 heavy (non-hydrogen) atoms. The fourth-order valence-corrected chi connectivity index (χ4v) is 3.05. The minimum Gasteiger partial charge on any atom is -0.300 e. The topological polar surface area (TPSA) is 57.7 Å². The van der Waals surface area contributed by atoms with E-state index in [4.69, 9.17) is 16.9 Å². The summed E-state index contributed by atoms with van der Waals surface area (Å²) in [6, 6.07) is 9.97. The summed E-state index contributed by atoms with van der Waals surface area (Å²) in [6.45, 7) is 2.10. The van der Waals surface area contributed by atoms with Crippen molar-refractivity contribution in [1.29, 1.82) is 5.26 Å². The van der Waals surface area contributed by atoms with Crippen molar-refractivity contribution < 1.29 is 0 Å². The van der Waals surface area contributed by atoms with E-state index in [9.17, 15) is 0 Å². The summed E-state index contributed by atoms with van der Waals surface area (Å²) in [4.78, 5) is 2.10. The van der Waals surface area contributed by atoms with E-state index in [1.54, 1.807) is 11.8 Å². The van der Waals surface area contributed by atoms with Crippen LogP contribution in [0, 0.1) is 11.3 Å². The molecule has 0 amide bonds. The van der Waals surface area contributed by atoms with Crippen LogP contribution in [0.15, 0.2) is 29.4 Å². The molecule has 2 aromatic rings. The van der Waals surface area contributed by atoms with Gasteiger partial charge in [-0.05, 0) is 51.7 Å². The third-order valence-corrected chi connectivity index (χ3v) is 4.82. The average Bonchev–Trinajstić information content (AvgIpc) is 2.95. The third-order valence-electron chi connectivity index (χ3n) is 3.56. The molecule has 1 atom stereocenters. The maximum Gasteiger partial charge on any atom is 0.195 e. The Morgan fingerprint density at radius 2 is 2.00 bits per heavy atom. The number of hydrogen-bond donors (Lipinski definition) is 0. The molecule has 1 heterocycles. The average molecular weight is 350 g/mol. The molecule has 7 heteroatoms. The van der Waals surface area contributed by atoms with Gasteiger partial charge < -0.3 is 0 Å². The van der Waals surface area contributed by atoms with E-state index in [1.165, 1.54) is 0 Å². The van der Waals surface area contributed by atoms with Gasteiger partial charge in [-0.15, -0.1) is 10.2 Å². The van der Waals surface area contributed by atoms with Crippen LogP contribution < -0.4 is 0 Å². The first-order valence-electron chi connectivity index (χ1n) is 7.42. The highest BCUT2D eigenvalue weighted by molar-refractivity contribution is 7.99. The van der Waals surface area contributed by atoms with Crippen LogP contribution >= 0.6 is 23.4 Å². The zero-order chi connectivity index (χ0) is 16.8. The van der Waals surface area contributed by atoms with Crippen molar-refractivity contribution in [3.63, 3.8) is 0 Å². The Morgan fingerprint density at radius 3 is 2.61 bits per heavy atom. The third kappa shape index (κ3) is 4.47. The van der Waals surface area contributed by atoms with Gasteiger partial charge in [0.2, 0.25) is 0 Å². The van der Waals surface area contributed by atoms with E-state index < -0.39 is 0 Å². The Balaban J connectivity index is 2.35. The van der Waals surface area contributed by atoms with E-state index in [0.29, 0.717) is 11.4 Å². The molecule has 0 aliphatic carbocycles. The number of thioether (sulfide) groups is 1. The zero-order valence-electron chi connectivity index (χ0n) is 13.5. The van der Waals surface area contributed by atoms with Gasteiger partial charge in [-0.25, -0.2) is 0 Å². The number of halogens is 1. The fourth-order valence-electron chi connectivity index (χ4n) is 2.02. The van der Waals surface area contributed by atoms with Crippen molar-refractivity contribution in [2.75, 3.05) is 19.8 Å². The Labute approximate surface area is 146 Å². The Hall–Kier alpha value is -1.55. The lowest BCUT2D eigenvalue weighted by atomic mass is 10.2. The first-order valence-corrected chi connectivity index (χ1v) is 8.78. The Bertz CT molecular complexity index is 675. The summed E-state index contributed by atoms with van der Waals surface area (Å²) >= 11 is 7.62. The number of rotatable bonds is 7. The normalized spacial score (nSPS) is 12.3. The summed E-state index contributed by atoms with van der Waals surface area (Å²) in [5.74, 6) is 1.73. The molecule has 5 nitrogen and oxygen atoms in total. The van der Waals surface area contributed by atoms with Gasteiger partial charge in [-0.1, -0.05) is 23.4 Å². The molecule has 122 valence electrons. The van der Waals surface area contributed by atoms with Gasteiger partial charge >= 0.3 is 0 Å². The first kappa shape index (κ1) is 17.8. The van der Waals surface area contributed by atoms with Gasteiger partial charge in [-0.2, -0.15) is 5.26 Å². The molecular formula is C16H20ClN5S. The Morgan fingerprint density at radius 1 is 1.30 bits per heavy atom. The molecule has 0 aliphatic heterocycles. The predicted octanol–water partition coefficient (Wildman–Crippen LogP) is 3.94. The second-order valence-electron chi connectivity index (χ2n) is 5.40. The van der Waals surface area contributed by atoms with Gasteiger partial charge in [0.15, 0.2) is 11.0 Å². The van der Waals surface area contributed by atoms with E-state index in [1.807, 2.05) is 38.4 Å². The molecule has 0 bridgehead atoms. The molecule has 0 N–H and O–H groups in total. The smallest absolute Gasteiger partial charge is 0.195 e. The van der Waals surface area contributed by atoms with Crippen LogP contribution in [0.4, 0.5) is 0 Å². The minimum absolute atomic E-state index is 0.131. The van der Waals surface area contributed by atoms with Crippen molar-refractivity contribution in [2.24, 2.45) is 0 Å². The number of benzene rings is 1. The molecule has 1 aromatic heterocycles. The van der Waals surface area contributed by atoms with E-state index >= 15 is 0 Å². The second-order valence-corrected chi connectivity index (χ2v) is 6.90. The maximum absolute atomic E-state index is 8.65. The summed E-state index contributed by atoms with van der Waals surface area (Å²) in [5, 5.41) is 18.9. The van der Waals surface area contributed by atoms with E-state index in [-0.39, 0.29) is 6.04 Å². The molecule has 1 unspecified atom stereocenters. The number of hydrogen-bond acceptors (Lipinski definition) is 5. The van der Waals surface area contributed by atoms with Gasteiger partial charge in [0, 0.05) is 22.9 Å². The van der Waals surface area contributed by atoms with Crippen molar-refractivity contribution in [1.82, 2.24) is 19.7 Å². The number of aromatic nitrogens is 3. The van der Waals surface area contributed by atoms with Gasteiger partial charge in [0.1, 0.15) is 0 Å². The highest BCUT2D eigenvalue weighted by atomic mass is 35.5. The molecule has 0 spiro atoms. The van der Waals surface area contributed by atoms with E-state index in [2.05, 4.69) is 32.7 Å². The minimum atomic E-state index is 0.131. The zero-order valence-corrected chi connectivity index (χ0v) is 15.1. The van der Waals surface area contributed by atoms with Crippen LogP contribution in [0.2, 0.25) is 5.02 Å². The SMILES string of the molecule is CC(c1nnc(SCCCC#N)n1-c1ccc(Cl)cc1)N(C)C. The molecule has 0 aliphatic rings. The molecule has 0 saturated carbocycles. The molecule has 0 saturated heterocycles. The van der Waals surface area contributed by atoms with Crippen LogP contribution in [0.25, 0.3) is 5.69 Å². The maximum atomic E-state index is 8.65. The molecule has 0 fully saturated rings. The number of unbranched alkanes of at least 4 members (excludes halogenated alkanes) is 1. The largest absolute Gasteiger partial charge is 0.300 e. The van der Waals surface area contributed by atoms with Crippen LogP contribution in [0.1, 0.15) is 31.6 Å². The number of nitrogens with zero attached hydrogens (tertiary/aromatic N) is 5. The van der Waals surface area contributed by atoms with Crippen molar-refractivity contribution in [2.45, 2.75) is 31.0 Å². The summed E-state index contributed by atoms with van der Waals surface area (Å²) in [5.41, 5.74) is 0.992. The van der Waals surface area contributed by atoms with Gasteiger partial charge in [-0.3, -0.25) is 9.47 Å². The quantitative estimate of drug-likeness (QED) is 0.559. The lowest BCUT2D eigenvalue weighted by molar-refractivity contribution is 0.305. The molecule has 2 rings (SSSR count). The van der Waals surface area contributed by atoms with Crippen LogP contribution in [-0.4, -0.2) is 39.5 Å². The van der Waals surface area contributed by atoms with Crippen LogP contribution in [-0.2, 0) is 0 Å². The predicted molar refractivity (Wildman–Crippen MR) is 94.0 cm³/mol. The van der Waals surface area contributed by atoms with Crippen LogP contribution in [0.3, 0.4) is 0 Å². The first-order chi connectivity index (χ1) is 11.0. The molecular weight excluding hydrogens is 330 g/mol. The van der Waals surface area contributed by atoms with Crippen molar-refractivity contribution in [3.8, 4) is 11.8 Å².